The van der Waals surface area contributed by atoms with Gasteiger partial charge in [0, 0.05) is 43.6 Å². The third-order valence-electron chi connectivity index (χ3n) is 4.26. The summed E-state index contributed by atoms with van der Waals surface area (Å²) in [6, 6.07) is 6.55. The number of fused-ring (bicyclic) bond motifs is 2. The highest BCUT2D eigenvalue weighted by Gasteiger charge is 2.16. The van der Waals surface area contributed by atoms with E-state index in [1.165, 1.54) is 47.3 Å². The van der Waals surface area contributed by atoms with Gasteiger partial charge in [-0.05, 0) is 49.4 Å². The normalized spacial score (nSPS) is 14.8. The summed E-state index contributed by atoms with van der Waals surface area (Å²) in [4.78, 5) is 7.07. The van der Waals surface area contributed by atoms with Crippen molar-refractivity contribution in [3.8, 4) is 0 Å². The van der Waals surface area contributed by atoms with E-state index in [-0.39, 0.29) is 0 Å². The van der Waals surface area contributed by atoms with Gasteiger partial charge in [-0.3, -0.25) is 4.98 Å². The van der Waals surface area contributed by atoms with Gasteiger partial charge in [-0.1, -0.05) is 6.42 Å². The number of aryl methyl sites for hydroxylation is 1. The van der Waals surface area contributed by atoms with Gasteiger partial charge >= 0.3 is 0 Å². The summed E-state index contributed by atoms with van der Waals surface area (Å²) in [5, 5.41) is 4.68. The van der Waals surface area contributed by atoms with E-state index in [1.807, 2.05) is 7.05 Å². The predicted molar refractivity (Wildman–Crippen MR) is 86.9 cm³/mol. The van der Waals surface area contributed by atoms with Crippen LogP contribution in [-0.2, 0) is 12.8 Å². The van der Waals surface area contributed by atoms with Crippen LogP contribution in [0.25, 0.3) is 10.9 Å². The third kappa shape index (κ3) is 2.21. The first kappa shape index (κ1) is 13.2. The monoisotopic (exact) mass is 269 g/mol. The zero-order chi connectivity index (χ0) is 14.1. The predicted octanol–water partition coefficient (Wildman–Crippen LogP) is 3.61. The standard InChI is InChI=1S/C17H23N3/c1-18-17-13-7-5-4-6-8-15(13)19-16-10-9-12(20(2)3)11-14(16)17/h9-11H,4-8H2,1-3H3,(H,18,19). The van der Waals surface area contributed by atoms with E-state index in [0.717, 1.165) is 18.4 Å². The van der Waals surface area contributed by atoms with Crippen molar-refractivity contribution in [2.45, 2.75) is 32.1 Å². The maximum Gasteiger partial charge on any atom is 0.0727 e. The molecule has 0 aliphatic heterocycles. The molecule has 1 heterocycles. The molecule has 3 rings (SSSR count). The Kier molecular flexibility index (Phi) is 3.51. The van der Waals surface area contributed by atoms with Gasteiger partial charge < -0.3 is 10.2 Å². The average Bonchev–Trinajstić information content (AvgIpc) is 2.69. The first-order valence-electron chi connectivity index (χ1n) is 7.51. The summed E-state index contributed by atoms with van der Waals surface area (Å²) in [6.45, 7) is 0. The van der Waals surface area contributed by atoms with Crippen molar-refractivity contribution in [1.29, 1.82) is 0 Å². The van der Waals surface area contributed by atoms with Crippen LogP contribution >= 0.6 is 0 Å². The maximum atomic E-state index is 4.93. The van der Waals surface area contributed by atoms with E-state index < -0.39 is 0 Å². The zero-order valence-electron chi connectivity index (χ0n) is 12.7. The molecule has 106 valence electrons. The minimum Gasteiger partial charge on any atom is -0.387 e. The molecule has 2 aromatic rings. The number of pyridine rings is 1. The van der Waals surface area contributed by atoms with E-state index in [4.69, 9.17) is 4.98 Å². The number of nitrogens with zero attached hydrogens (tertiary/aromatic N) is 2. The van der Waals surface area contributed by atoms with Gasteiger partial charge in [-0.25, -0.2) is 0 Å². The molecule has 0 spiro atoms. The second kappa shape index (κ2) is 5.31. The van der Waals surface area contributed by atoms with Crippen LogP contribution < -0.4 is 10.2 Å². The summed E-state index contributed by atoms with van der Waals surface area (Å²) in [5.74, 6) is 0. The van der Waals surface area contributed by atoms with Crippen LogP contribution in [0, 0.1) is 0 Å². The molecule has 1 aliphatic carbocycles. The van der Waals surface area contributed by atoms with Crippen LogP contribution in [0.2, 0.25) is 0 Å². The highest BCUT2D eigenvalue weighted by molar-refractivity contribution is 5.95. The van der Waals surface area contributed by atoms with E-state index >= 15 is 0 Å². The van der Waals surface area contributed by atoms with Crippen LogP contribution in [0.1, 0.15) is 30.5 Å². The second-order valence-electron chi connectivity index (χ2n) is 5.82. The Balaban J connectivity index is 2.25. The summed E-state index contributed by atoms with van der Waals surface area (Å²) in [5.41, 5.74) is 6.37. The zero-order valence-corrected chi connectivity index (χ0v) is 12.7. The SMILES string of the molecule is CNc1c2c(nc3ccc(N(C)C)cc13)CCCCC2. The topological polar surface area (TPSA) is 28.2 Å². The smallest absolute Gasteiger partial charge is 0.0727 e. The molecule has 0 fully saturated rings. The highest BCUT2D eigenvalue weighted by atomic mass is 15.1. The van der Waals surface area contributed by atoms with Crippen molar-refractivity contribution in [2.24, 2.45) is 0 Å². The minimum atomic E-state index is 1.11. The molecular weight excluding hydrogens is 246 g/mol. The van der Waals surface area contributed by atoms with Crippen molar-refractivity contribution in [2.75, 3.05) is 31.4 Å². The first-order valence-corrected chi connectivity index (χ1v) is 7.51. The number of hydrogen-bond donors (Lipinski definition) is 1. The average molecular weight is 269 g/mol. The summed E-state index contributed by atoms with van der Waals surface area (Å²) >= 11 is 0. The molecule has 0 amide bonds. The Morgan fingerprint density at radius 2 is 1.90 bits per heavy atom. The molecule has 3 nitrogen and oxygen atoms in total. The van der Waals surface area contributed by atoms with E-state index in [9.17, 15) is 0 Å². The molecule has 0 radical (unpaired) electrons. The van der Waals surface area contributed by atoms with E-state index in [2.05, 4.69) is 42.5 Å². The highest BCUT2D eigenvalue weighted by Crippen LogP contribution is 2.34. The maximum absolute atomic E-state index is 4.93. The van der Waals surface area contributed by atoms with Crippen LogP contribution in [0.15, 0.2) is 18.2 Å². The molecule has 1 N–H and O–H groups in total. The Morgan fingerprint density at radius 3 is 2.65 bits per heavy atom. The molecule has 0 saturated carbocycles. The van der Waals surface area contributed by atoms with Gasteiger partial charge in [0.2, 0.25) is 0 Å². The number of nitrogens with one attached hydrogen (secondary N) is 1. The molecule has 1 aromatic heterocycles. The van der Waals surface area contributed by atoms with Crippen molar-refractivity contribution < 1.29 is 0 Å². The van der Waals surface area contributed by atoms with Crippen molar-refractivity contribution in [1.82, 2.24) is 4.98 Å². The van der Waals surface area contributed by atoms with Gasteiger partial charge in [0.15, 0.2) is 0 Å². The van der Waals surface area contributed by atoms with Crippen molar-refractivity contribution in [3.63, 3.8) is 0 Å². The molecule has 0 saturated heterocycles. The number of hydrogen-bond acceptors (Lipinski definition) is 3. The lowest BCUT2D eigenvalue weighted by molar-refractivity contribution is 0.709. The van der Waals surface area contributed by atoms with Crippen LogP contribution in [0.5, 0.6) is 0 Å². The summed E-state index contributed by atoms with van der Waals surface area (Å²) in [7, 11) is 6.19. The lowest BCUT2D eigenvalue weighted by Gasteiger charge is -2.18. The Hall–Kier alpha value is -1.77. The molecule has 0 bridgehead atoms. The largest absolute Gasteiger partial charge is 0.387 e. The summed E-state index contributed by atoms with van der Waals surface area (Å²) < 4.78 is 0. The molecule has 1 aromatic carbocycles. The quantitative estimate of drug-likeness (QED) is 0.844. The number of rotatable bonds is 2. The van der Waals surface area contributed by atoms with Gasteiger partial charge in [-0.15, -0.1) is 0 Å². The van der Waals surface area contributed by atoms with Gasteiger partial charge in [0.25, 0.3) is 0 Å². The fourth-order valence-electron chi connectivity index (χ4n) is 3.15. The van der Waals surface area contributed by atoms with Crippen molar-refractivity contribution >= 4 is 22.3 Å². The number of anilines is 2. The Morgan fingerprint density at radius 1 is 1.10 bits per heavy atom. The lowest BCUT2D eigenvalue weighted by atomic mass is 10.0. The Bertz CT molecular complexity index is 632. The molecule has 0 atom stereocenters. The molecule has 20 heavy (non-hydrogen) atoms. The fraction of sp³-hybridized carbons (Fsp3) is 0.471. The van der Waals surface area contributed by atoms with Gasteiger partial charge in [0.1, 0.15) is 0 Å². The first-order chi connectivity index (χ1) is 9.70. The van der Waals surface area contributed by atoms with E-state index in [1.54, 1.807) is 0 Å². The van der Waals surface area contributed by atoms with Crippen molar-refractivity contribution in [3.05, 3.63) is 29.5 Å². The number of aromatic nitrogens is 1. The van der Waals surface area contributed by atoms with Crippen LogP contribution in [0.4, 0.5) is 11.4 Å². The van der Waals surface area contributed by atoms with Gasteiger partial charge in [-0.2, -0.15) is 0 Å². The molecule has 0 unspecified atom stereocenters. The second-order valence-corrected chi connectivity index (χ2v) is 5.82. The number of benzene rings is 1. The van der Waals surface area contributed by atoms with Crippen LogP contribution in [0.3, 0.4) is 0 Å². The molecule has 1 aliphatic rings. The van der Waals surface area contributed by atoms with Gasteiger partial charge in [0.05, 0.1) is 5.52 Å². The summed E-state index contributed by atoms with van der Waals surface area (Å²) in [6.07, 6.45) is 6.14. The minimum absolute atomic E-state index is 1.11. The molecule has 3 heteroatoms. The third-order valence-corrected chi connectivity index (χ3v) is 4.26. The fourth-order valence-corrected chi connectivity index (χ4v) is 3.15. The van der Waals surface area contributed by atoms with Crippen LogP contribution in [-0.4, -0.2) is 26.1 Å². The molecular formula is C17H23N3. The Labute approximate surface area is 121 Å². The lowest BCUT2D eigenvalue weighted by Crippen LogP contribution is -2.09. The van der Waals surface area contributed by atoms with E-state index in [0.29, 0.717) is 0 Å².